The number of hydrogen-bond donors (Lipinski definition) is 0. The molecule has 27 heavy (non-hydrogen) atoms. The first-order chi connectivity index (χ1) is 13.2. The van der Waals surface area contributed by atoms with Crippen molar-refractivity contribution in [2.45, 2.75) is 6.92 Å². The highest BCUT2D eigenvalue weighted by atomic mass is 127. The molecule has 4 aromatic carbocycles. The number of nitrogens with zero attached hydrogens (tertiary/aromatic N) is 1. The molecule has 0 aliphatic carbocycles. The summed E-state index contributed by atoms with van der Waals surface area (Å²) in [6, 6.07) is 22.0. The van der Waals surface area contributed by atoms with Crippen LogP contribution in [0.2, 0.25) is 0 Å². The molecule has 0 spiro atoms. The molecule has 1 heterocycles. The Morgan fingerprint density at radius 2 is 1.44 bits per heavy atom. The van der Waals surface area contributed by atoms with Crippen molar-refractivity contribution in [2.24, 2.45) is 0 Å². The van der Waals surface area contributed by atoms with Crippen LogP contribution in [0.5, 0.6) is 0 Å². The first-order valence-corrected chi connectivity index (χ1v) is 10.0. The number of halogens is 1. The van der Waals surface area contributed by atoms with Gasteiger partial charge in [0, 0.05) is 16.2 Å². The summed E-state index contributed by atoms with van der Waals surface area (Å²) >= 11 is 2.44. The Labute approximate surface area is 172 Å². The van der Waals surface area contributed by atoms with Gasteiger partial charge in [0.2, 0.25) is 0 Å². The van der Waals surface area contributed by atoms with Crippen molar-refractivity contribution in [2.75, 3.05) is 0 Å². The van der Waals surface area contributed by atoms with E-state index >= 15 is 0 Å². The fourth-order valence-corrected chi connectivity index (χ4v) is 5.10. The van der Waals surface area contributed by atoms with Crippen LogP contribution in [0.25, 0.3) is 55.5 Å². The molecule has 1 nitrogen and oxygen atoms in total. The molecule has 0 amide bonds. The van der Waals surface area contributed by atoms with Gasteiger partial charge in [-0.25, -0.2) is 0 Å². The van der Waals surface area contributed by atoms with E-state index in [-0.39, 0.29) is 0 Å². The molecule has 0 unspecified atom stereocenters. The largest absolute Gasteiger partial charge is 0.281 e. The van der Waals surface area contributed by atoms with Crippen LogP contribution in [0.15, 0.2) is 73.3 Å². The van der Waals surface area contributed by atoms with Crippen LogP contribution >= 0.6 is 22.9 Å². The van der Waals surface area contributed by atoms with Crippen molar-refractivity contribution >= 4 is 78.4 Å². The van der Waals surface area contributed by atoms with E-state index in [1.54, 1.807) is 0 Å². The van der Waals surface area contributed by atoms with Crippen molar-refractivity contribution in [1.29, 1.82) is 0 Å². The first-order valence-electron chi connectivity index (χ1n) is 9.07. The minimum absolute atomic E-state index is 1.16. The zero-order valence-electron chi connectivity index (χ0n) is 15.0. The lowest BCUT2D eigenvalue weighted by Gasteiger charge is -2.08. The minimum Gasteiger partial charge on any atom is -0.281 e. The van der Waals surface area contributed by atoms with Gasteiger partial charge in [-0.2, -0.15) is 0 Å². The molecule has 0 atom stereocenters. The summed E-state index contributed by atoms with van der Waals surface area (Å²) < 4.78 is 2.31. The molecule has 1 aromatic heterocycles. The van der Waals surface area contributed by atoms with Crippen molar-refractivity contribution in [3.05, 3.63) is 84.4 Å². The van der Waals surface area contributed by atoms with Crippen LogP contribution in [-0.2, 0) is 0 Å². The van der Waals surface area contributed by atoms with Crippen molar-refractivity contribution in [3.63, 3.8) is 0 Å². The van der Waals surface area contributed by atoms with Crippen LogP contribution < -0.4 is 0 Å². The fourth-order valence-electron chi connectivity index (χ4n) is 4.20. The summed E-state index contributed by atoms with van der Waals surface area (Å²) in [5, 5.41) is 7.84. The molecule has 0 aliphatic heterocycles. The van der Waals surface area contributed by atoms with E-state index in [4.69, 9.17) is 0 Å². The summed E-state index contributed by atoms with van der Waals surface area (Å²) in [4.78, 5) is 0. The summed E-state index contributed by atoms with van der Waals surface area (Å²) in [6.07, 6.45) is 6.19. The van der Waals surface area contributed by atoms with Gasteiger partial charge >= 0.3 is 0 Å². The Morgan fingerprint density at radius 3 is 2.11 bits per heavy atom. The van der Waals surface area contributed by atoms with E-state index in [2.05, 4.69) is 112 Å². The van der Waals surface area contributed by atoms with Gasteiger partial charge in [-0.3, -0.25) is 2.78 Å². The van der Waals surface area contributed by atoms with Gasteiger partial charge in [-0.1, -0.05) is 73.3 Å². The second-order valence-corrected chi connectivity index (χ2v) is 7.76. The summed E-state index contributed by atoms with van der Waals surface area (Å²) in [5.74, 6) is 0. The topological polar surface area (TPSA) is 4.93 Å². The average molecular weight is 459 g/mol. The first kappa shape index (κ1) is 16.6. The molecule has 5 aromatic rings. The molecule has 0 aliphatic rings. The molecule has 0 N–H and O–H groups in total. The van der Waals surface area contributed by atoms with Gasteiger partial charge < -0.3 is 0 Å². The molecule has 2 heteroatoms. The van der Waals surface area contributed by atoms with Gasteiger partial charge in [0.25, 0.3) is 0 Å². The van der Waals surface area contributed by atoms with Gasteiger partial charge in [-0.15, -0.1) is 0 Å². The fraction of sp³-hybridized carbons (Fsp3) is 0.0400. The minimum atomic E-state index is 1.16. The third kappa shape index (κ3) is 2.29. The predicted molar refractivity (Wildman–Crippen MR) is 129 cm³/mol. The Balaban J connectivity index is 2.15. The lowest BCUT2D eigenvalue weighted by Crippen LogP contribution is -1.84. The van der Waals surface area contributed by atoms with Crippen molar-refractivity contribution < 1.29 is 0 Å². The standard InChI is InChI=1S/C25H18IN/c1-3-9-17-14-22-23(15-16(17)4-2)27(26)25-21-13-8-6-11-19(21)18-10-5-7-12-20(18)24(22)25/h3-15H,2H2,1H3/b9-3-. The molecule has 0 saturated carbocycles. The third-order valence-electron chi connectivity index (χ3n) is 5.35. The molecular formula is C25H18IN. The SMILES string of the molecule is C=Cc1cc2c(cc1/C=C\C)c1c3ccccc3c3ccccc3c1n2I. The van der Waals surface area contributed by atoms with Crippen LogP contribution in [-0.4, -0.2) is 2.78 Å². The van der Waals surface area contributed by atoms with E-state index in [1.165, 1.54) is 48.9 Å². The Bertz CT molecular complexity index is 1400. The van der Waals surface area contributed by atoms with Crippen LogP contribution in [0.4, 0.5) is 0 Å². The Kier molecular flexibility index (Phi) is 3.83. The monoisotopic (exact) mass is 459 g/mol. The summed E-state index contributed by atoms with van der Waals surface area (Å²) in [7, 11) is 0. The number of rotatable bonds is 2. The molecule has 130 valence electrons. The van der Waals surface area contributed by atoms with Gasteiger partial charge in [-0.05, 0) is 46.3 Å². The van der Waals surface area contributed by atoms with Crippen LogP contribution in [0.3, 0.4) is 0 Å². The Morgan fingerprint density at radius 1 is 0.815 bits per heavy atom. The van der Waals surface area contributed by atoms with Gasteiger partial charge in [0.15, 0.2) is 0 Å². The highest BCUT2D eigenvalue weighted by molar-refractivity contribution is 14.1. The third-order valence-corrected chi connectivity index (χ3v) is 6.35. The average Bonchev–Trinajstić information content (AvgIpc) is 3.00. The van der Waals surface area contributed by atoms with E-state index < -0.39 is 0 Å². The number of hydrogen-bond acceptors (Lipinski definition) is 0. The van der Waals surface area contributed by atoms with E-state index in [1.807, 2.05) is 6.08 Å². The lowest BCUT2D eigenvalue weighted by molar-refractivity contribution is 1.50. The maximum atomic E-state index is 4.02. The van der Waals surface area contributed by atoms with Crippen LogP contribution in [0, 0.1) is 0 Å². The van der Waals surface area contributed by atoms with Gasteiger partial charge in [0.1, 0.15) is 0 Å². The molecule has 0 fully saturated rings. The van der Waals surface area contributed by atoms with E-state index in [0.29, 0.717) is 0 Å². The highest BCUT2D eigenvalue weighted by Gasteiger charge is 2.17. The zero-order valence-corrected chi connectivity index (χ0v) is 17.2. The van der Waals surface area contributed by atoms with Crippen molar-refractivity contribution in [3.8, 4) is 0 Å². The quantitative estimate of drug-likeness (QED) is 0.186. The normalized spacial score (nSPS) is 12.1. The molecule has 5 rings (SSSR count). The predicted octanol–water partition coefficient (Wildman–Crippen LogP) is 7.98. The summed E-state index contributed by atoms with van der Waals surface area (Å²) in [5.41, 5.74) is 4.89. The maximum absolute atomic E-state index is 4.02. The Hall–Kier alpha value is -2.59. The van der Waals surface area contributed by atoms with E-state index in [0.717, 1.165) is 5.56 Å². The number of fused-ring (bicyclic) bond motifs is 8. The highest BCUT2D eigenvalue weighted by Crippen LogP contribution is 2.42. The number of benzene rings is 4. The molecular weight excluding hydrogens is 441 g/mol. The van der Waals surface area contributed by atoms with Crippen molar-refractivity contribution in [1.82, 2.24) is 2.78 Å². The van der Waals surface area contributed by atoms with Gasteiger partial charge in [0.05, 0.1) is 33.9 Å². The van der Waals surface area contributed by atoms with E-state index in [9.17, 15) is 0 Å². The molecule has 0 bridgehead atoms. The zero-order chi connectivity index (χ0) is 18.5. The second-order valence-electron chi connectivity index (χ2n) is 6.80. The second kappa shape index (κ2) is 6.24. The lowest BCUT2D eigenvalue weighted by atomic mass is 9.95. The summed E-state index contributed by atoms with van der Waals surface area (Å²) in [6.45, 7) is 6.08. The molecule has 0 radical (unpaired) electrons. The maximum Gasteiger partial charge on any atom is 0.0675 e. The smallest absolute Gasteiger partial charge is 0.0675 e. The number of aromatic nitrogens is 1. The molecule has 0 saturated heterocycles. The number of allylic oxidation sites excluding steroid dienone is 1. The van der Waals surface area contributed by atoms with Crippen LogP contribution in [0.1, 0.15) is 18.1 Å².